The minimum Gasteiger partial charge on any atom is -0.481 e. The van der Waals surface area contributed by atoms with Gasteiger partial charge in [0.1, 0.15) is 0 Å². The summed E-state index contributed by atoms with van der Waals surface area (Å²) in [6.07, 6.45) is 1.71. The van der Waals surface area contributed by atoms with Crippen molar-refractivity contribution in [1.82, 2.24) is 0 Å². The Balaban J connectivity index is 2.37. The normalized spacial score (nSPS) is 31.4. The standard InChI is InChI=1S/C10H18O4/c1-6(11)5-8-3-4-9(14-8)7(2)10(12)13/h6-9,11H,3-5H2,1-2H3,(H,12,13)/t6-,7-,8?,9+/m1/s1. The van der Waals surface area contributed by atoms with Crippen molar-refractivity contribution in [1.29, 1.82) is 0 Å². The van der Waals surface area contributed by atoms with Gasteiger partial charge in [-0.2, -0.15) is 0 Å². The van der Waals surface area contributed by atoms with Crippen LogP contribution >= 0.6 is 0 Å². The molecular weight excluding hydrogens is 184 g/mol. The molecule has 0 bridgehead atoms. The molecule has 4 heteroatoms. The summed E-state index contributed by atoms with van der Waals surface area (Å²) in [6.45, 7) is 3.38. The number of hydrogen-bond donors (Lipinski definition) is 2. The zero-order chi connectivity index (χ0) is 10.7. The highest BCUT2D eigenvalue weighted by molar-refractivity contribution is 5.70. The quantitative estimate of drug-likeness (QED) is 0.714. The molecule has 0 aromatic rings. The Bertz CT molecular complexity index is 202. The van der Waals surface area contributed by atoms with Gasteiger partial charge in [-0.25, -0.2) is 0 Å². The molecule has 0 spiro atoms. The van der Waals surface area contributed by atoms with Crippen molar-refractivity contribution in [3.05, 3.63) is 0 Å². The second kappa shape index (κ2) is 4.75. The summed E-state index contributed by atoms with van der Waals surface area (Å²) in [4.78, 5) is 10.7. The van der Waals surface area contributed by atoms with Crippen LogP contribution in [0, 0.1) is 5.92 Å². The molecule has 1 fully saturated rings. The Morgan fingerprint density at radius 3 is 2.64 bits per heavy atom. The van der Waals surface area contributed by atoms with Crippen molar-refractivity contribution >= 4 is 5.97 Å². The van der Waals surface area contributed by atoms with Gasteiger partial charge in [-0.1, -0.05) is 0 Å². The predicted molar refractivity (Wildman–Crippen MR) is 51.0 cm³/mol. The molecule has 0 amide bonds. The molecule has 14 heavy (non-hydrogen) atoms. The van der Waals surface area contributed by atoms with E-state index >= 15 is 0 Å². The Labute approximate surface area is 83.9 Å². The maximum atomic E-state index is 10.7. The first kappa shape index (κ1) is 11.5. The molecule has 4 atom stereocenters. The number of rotatable bonds is 4. The van der Waals surface area contributed by atoms with Crippen molar-refractivity contribution < 1.29 is 19.7 Å². The fourth-order valence-corrected chi connectivity index (χ4v) is 1.81. The molecule has 2 N–H and O–H groups in total. The third-order valence-corrected chi connectivity index (χ3v) is 2.69. The number of carboxylic acids is 1. The molecule has 0 radical (unpaired) electrons. The van der Waals surface area contributed by atoms with Gasteiger partial charge in [-0.3, -0.25) is 4.79 Å². The number of hydrogen-bond acceptors (Lipinski definition) is 3. The van der Waals surface area contributed by atoms with E-state index in [0.717, 1.165) is 12.8 Å². The highest BCUT2D eigenvalue weighted by Gasteiger charge is 2.33. The van der Waals surface area contributed by atoms with Crippen LogP contribution in [-0.2, 0) is 9.53 Å². The largest absolute Gasteiger partial charge is 0.481 e. The van der Waals surface area contributed by atoms with Gasteiger partial charge in [0.15, 0.2) is 0 Å². The van der Waals surface area contributed by atoms with Crippen LogP contribution in [0.25, 0.3) is 0 Å². The smallest absolute Gasteiger partial charge is 0.308 e. The molecule has 82 valence electrons. The maximum absolute atomic E-state index is 10.7. The number of aliphatic carboxylic acids is 1. The summed E-state index contributed by atoms with van der Waals surface area (Å²) in [6, 6.07) is 0. The first-order valence-corrected chi connectivity index (χ1v) is 5.07. The monoisotopic (exact) mass is 202 g/mol. The molecule has 0 saturated carbocycles. The third-order valence-electron chi connectivity index (χ3n) is 2.69. The number of aliphatic hydroxyl groups excluding tert-OH is 1. The molecule has 1 unspecified atom stereocenters. The Kier molecular flexibility index (Phi) is 3.89. The molecule has 1 rings (SSSR count). The minimum absolute atomic E-state index is 0.0294. The van der Waals surface area contributed by atoms with Gasteiger partial charge in [-0.05, 0) is 33.1 Å². The van der Waals surface area contributed by atoms with Gasteiger partial charge < -0.3 is 14.9 Å². The lowest BCUT2D eigenvalue weighted by molar-refractivity contribution is -0.146. The van der Waals surface area contributed by atoms with E-state index in [9.17, 15) is 4.79 Å². The van der Waals surface area contributed by atoms with E-state index in [0.29, 0.717) is 6.42 Å². The lowest BCUT2D eigenvalue weighted by atomic mass is 10.0. The molecule has 1 aliphatic rings. The zero-order valence-corrected chi connectivity index (χ0v) is 8.64. The SMILES string of the molecule is C[C@@H](O)CC1CC[C@@H]([C@@H](C)C(=O)O)O1. The van der Waals surface area contributed by atoms with Crippen molar-refractivity contribution in [2.45, 2.75) is 51.4 Å². The summed E-state index contributed by atoms with van der Waals surface area (Å²) < 4.78 is 5.55. The molecule has 1 aliphatic heterocycles. The Hall–Kier alpha value is -0.610. The highest BCUT2D eigenvalue weighted by atomic mass is 16.5. The molecule has 1 saturated heterocycles. The summed E-state index contributed by atoms with van der Waals surface area (Å²) in [5.74, 6) is -1.26. The average Bonchev–Trinajstić information content (AvgIpc) is 2.50. The first-order chi connectivity index (χ1) is 6.50. The Morgan fingerprint density at radius 1 is 1.50 bits per heavy atom. The zero-order valence-electron chi connectivity index (χ0n) is 8.64. The first-order valence-electron chi connectivity index (χ1n) is 5.07. The molecule has 0 aromatic carbocycles. The molecule has 1 heterocycles. The van der Waals surface area contributed by atoms with E-state index < -0.39 is 11.9 Å². The van der Waals surface area contributed by atoms with E-state index in [1.807, 2.05) is 0 Å². The highest BCUT2D eigenvalue weighted by Crippen LogP contribution is 2.27. The van der Waals surface area contributed by atoms with Crippen LogP contribution in [0.15, 0.2) is 0 Å². The van der Waals surface area contributed by atoms with E-state index in [-0.39, 0.29) is 18.3 Å². The van der Waals surface area contributed by atoms with Gasteiger partial charge in [0, 0.05) is 0 Å². The molecular formula is C10H18O4. The van der Waals surface area contributed by atoms with Gasteiger partial charge in [-0.15, -0.1) is 0 Å². The van der Waals surface area contributed by atoms with Crippen LogP contribution in [0.4, 0.5) is 0 Å². The van der Waals surface area contributed by atoms with E-state index in [1.165, 1.54) is 0 Å². The summed E-state index contributed by atoms with van der Waals surface area (Å²) in [7, 11) is 0. The minimum atomic E-state index is -0.812. The maximum Gasteiger partial charge on any atom is 0.308 e. The third kappa shape index (κ3) is 2.96. The fourth-order valence-electron chi connectivity index (χ4n) is 1.81. The number of aliphatic hydroxyl groups is 1. The topological polar surface area (TPSA) is 66.8 Å². The van der Waals surface area contributed by atoms with E-state index in [1.54, 1.807) is 13.8 Å². The molecule has 0 aromatic heterocycles. The van der Waals surface area contributed by atoms with Crippen LogP contribution in [0.5, 0.6) is 0 Å². The van der Waals surface area contributed by atoms with Crippen LogP contribution in [0.2, 0.25) is 0 Å². The fraction of sp³-hybridized carbons (Fsp3) is 0.900. The van der Waals surface area contributed by atoms with E-state index in [4.69, 9.17) is 14.9 Å². The average molecular weight is 202 g/mol. The number of carboxylic acid groups (broad SMARTS) is 1. The number of carbonyl (C=O) groups is 1. The lowest BCUT2D eigenvalue weighted by Gasteiger charge is -2.17. The van der Waals surface area contributed by atoms with Crippen LogP contribution in [0.1, 0.15) is 33.1 Å². The van der Waals surface area contributed by atoms with Gasteiger partial charge in [0.05, 0.1) is 24.2 Å². The molecule has 0 aliphatic carbocycles. The lowest BCUT2D eigenvalue weighted by Crippen LogP contribution is -2.26. The van der Waals surface area contributed by atoms with Crippen LogP contribution < -0.4 is 0 Å². The number of ether oxygens (including phenoxy) is 1. The summed E-state index contributed by atoms with van der Waals surface area (Å²) in [5.41, 5.74) is 0. The van der Waals surface area contributed by atoms with Gasteiger partial charge in [0.2, 0.25) is 0 Å². The van der Waals surface area contributed by atoms with Crippen molar-refractivity contribution in [3.8, 4) is 0 Å². The van der Waals surface area contributed by atoms with Gasteiger partial charge >= 0.3 is 5.97 Å². The predicted octanol–water partition coefficient (Wildman–Crippen LogP) is 1.03. The summed E-state index contributed by atoms with van der Waals surface area (Å²) in [5, 5.41) is 17.9. The van der Waals surface area contributed by atoms with E-state index in [2.05, 4.69) is 0 Å². The van der Waals surface area contributed by atoms with Crippen LogP contribution in [-0.4, -0.2) is 34.5 Å². The molecule has 4 nitrogen and oxygen atoms in total. The second-order valence-corrected chi connectivity index (χ2v) is 4.09. The Morgan fingerprint density at radius 2 is 2.14 bits per heavy atom. The summed E-state index contributed by atoms with van der Waals surface area (Å²) >= 11 is 0. The van der Waals surface area contributed by atoms with Crippen molar-refractivity contribution in [2.75, 3.05) is 0 Å². The van der Waals surface area contributed by atoms with Crippen molar-refractivity contribution in [2.24, 2.45) is 5.92 Å². The van der Waals surface area contributed by atoms with Crippen LogP contribution in [0.3, 0.4) is 0 Å². The van der Waals surface area contributed by atoms with Gasteiger partial charge in [0.25, 0.3) is 0 Å². The van der Waals surface area contributed by atoms with Crippen molar-refractivity contribution in [3.63, 3.8) is 0 Å². The second-order valence-electron chi connectivity index (χ2n) is 4.09.